The van der Waals surface area contributed by atoms with Crippen LogP contribution >= 0.6 is 23.2 Å². The van der Waals surface area contributed by atoms with Crippen LogP contribution in [-0.4, -0.2) is 15.5 Å². The summed E-state index contributed by atoms with van der Waals surface area (Å²) >= 11 is 11.8. The second-order valence-corrected chi connectivity index (χ2v) is 6.56. The standard InChI is InChI=1S/C19H15Cl2N3O2/c1-12-22-17(13-5-3-2-4-6-13)10-19(26)24(12)11-18(25)23-16-8-14(20)7-15(21)9-16/h2-10H,11H2,1H3,(H,23,25). The van der Waals surface area contributed by atoms with Gasteiger partial charge in [-0.3, -0.25) is 14.2 Å². The van der Waals surface area contributed by atoms with Crippen LogP contribution in [0.15, 0.2) is 59.4 Å². The summed E-state index contributed by atoms with van der Waals surface area (Å²) in [5.74, 6) is 0.0819. The van der Waals surface area contributed by atoms with Crippen molar-refractivity contribution in [3.8, 4) is 11.3 Å². The van der Waals surface area contributed by atoms with Gasteiger partial charge in [0.15, 0.2) is 0 Å². The lowest BCUT2D eigenvalue weighted by molar-refractivity contribution is -0.116. The molecule has 5 nitrogen and oxygen atoms in total. The third-order valence-corrected chi connectivity index (χ3v) is 4.15. The van der Waals surface area contributed by atoms with Gasteiger partial charge in [0.25, 0.3) is 5.56 Å². The fourth-order valence-corrected chi connectivity index (χ4v) is 3.07. The number of nitrogens with one attached hydrogen (secondary N) is 1. The molecule has 3 rings (SSSR count). The molecule has 1 N–H and O–H groups in total. The highest BCUT2D eigenvalue weighted by Crippen LogP contribution is 2.22. The summed E-state index contributed by atoms with van der Waals surface area (Å²) in [6, 6.07) is 15.6. The first-order valence-electron chi connectivity index (χ1n) is 7.82. The van der Waals surface area contributed by atoms with Crippen LogP contribution in [0.4, 0.5) is 5.69 Å². The lowest BCUT2D eigenvalue weighted by Gasteiger charge is -2.11. The third kappa shape index (κ3) is 4.31. The van der Waals surface area contributed by atoms with Crippen LogP contribution in [0.2, 0.25) is 10.0 Å². The highest BCUT2D eigenvalue weighted by atomic mass is 35.5. The Bertz CT molecular complexity index is 997. The van der Waals surface area contributed by atoms with Crippen LogP contribution in [0, 0.1) is 6.92 Å². The SMILES string of the molecule is Cc1nc(-c2ccccc2)cc(=O)n1CC(=O)Nc1cc(Cl)cc(Cl)c1. The predicted molar refractivity (Wildman–Crippen MR) is 104 cm³/mol. The van der Waals surface area contributed by atoms with E-state index in [1.165, 1.54) is 10.6 Å². The number of hydrogen-bond donors (Lipinski definition) is 1. The van der Waals surface area contributed by atoms with Crippen LogP contribution in [0.25, 0.3) is 11.3 Å². The number of benzene rings is 2. The second-order valence-electron chi connectivity index (χ2n) is 5.69. The number of aromatic nitrogens is 2. The minimum atomic E-state index is -0.372. The second kappa shape index (κ2) is 7.72. The molecule has 1 heterocycles. The Kier molecular flexibility index (Phi) is 5.40. The van der Waals surface area contributed by atoms with E-state index in [4.69, 9.17) is 23.2 Å². The van der Waals surface area contributed by atoms with Gasteiger partial charge in [-0.15, -0.1) is 0 Å². The van der Waals surface area contributed by atoms with E-state index < -0.39 is 0 Å². The molecule has 2 aromatic carbocycles. The number of nitrogens with zero attached hydrogens (tertiary/aromatic N) is 2. The van der Waals surface area contributed by atoms with Crippen LogP contribution in [0.3, 0.4) is 0 Å². The monoisotopic (exact) mass is 387 g/mol. The maximum absolute atomic E-state index is 12.4. The summed E-state index contributed by atoms with van der Waals surface area (Å²) < 4.78 is 1.31. The molecule has 0 spiro atoms. The Labute approximate surface area is 160 Å². The third-order valence-electron chi connectivity index (χ3n) is 3.72. The van der Waals surface area contributed by atoms with E-state index in [0.717, 1.165) is 5.56 Å². The highest BCUT2D eigenvalue weighted by Gasteiger charge is 2.11. The molecule has 3 aromatic rings. The Hall–Kier alpha value is -2.63. The van der Waals surface area contributed by atoms with E-state index in [0.29, 0.717) is 27.3 Å². The Morgan fingerprint density at radius 2 is 1.73 bits per heavy atom. The van der Waals surface area contributed by atoms with Crippen molar-refractivity contribution in [1.82, 2.24) is 9.55 Å². The largest absolute Gasteiger partial charge is 0.324 e. The zero-order valence-electron chi connectivity index (χ0n) is 13.9. The van der Waals surface area contributed by atoms with Crippen molar-refractivity contribution in [3.63, 3.8) is 0 Å². The van der Waals surface area contributed by atoms with Crippen molar-refractivity contribution in [2.75, 3.05) is 5.32 Å². The fraction of sp³-hybridized carbons (Fsp3) is 0.105. The molecule has 7 heteroatoms. The first-order valence-corrected chi connectivity index (χ1v) is 8.58. The number of amides is 1. The molecule has 0 bridgehead atoms. The molecule has 132 valence electrons. The Morgan fingerprint density at radius 1 is 1.08 bits per heavy atom. The van der Waals surface area contributed by atoms with Gasteiger partial charge in [0.2, 0.25) is 5.91 Å². The molecule has 0 aliphatic carbocycles. The van der Waals surface area contributed by atoms with Gasteiger partial charge in [-0.25, -0.2) is 4.98 Å². The number of carbonyl (C=O) groups is 1. The Balaban J connectivity index is 1.81. The van der Waals surface area contributed by atoms with Crippen molar-refractivity contribution in [2.45, 2.75) is 13.5 Å². The molecule has 0 aliphatic heterocycles. The molecular formula is C19H15Cl2N3O2. The van der Waals surface area contributed by atoms with E-state index in [1.54, 1.807) is 25.1 Å². The van der Waals surface area contributed by atoms with Crippen molar-refractivity contribution in [3.05, 3.63) is 80.8 Å². The van der Waals surface area contributed by atoms with E-state index in [-0.39, 0.29) is 18.0 Å². The average molecular weight is 388 g/mol. The van der Waals surface area contributed by atoms with Gasteiger partial charge in [0, 0.05) is 27.4 Å². The molecular weight excluding hydrogens is 373 g/mol. The topological polar surface area (TPSA) is 64.0 Å². The molecule has 1 amide bonds. The van der Waals surface area contributed by atoms with E-state index >= 15 is 0 Å². The van der Waals surface area contributed by atoms with Gasteiger partial charge in [-0.05, 0) is 25.1 Å². The van der Waals surface area contributed by atoms with Gasteiger partial charge >= 0.3 is 0 Å². The molecule has 0 saturated heterocycles. The lowest BCUT2D eigenvalue weighted by Crippen LogP contribution is -2.29. The van der Waals surface area contributed by atoms with Gasteiger partial charge in [0.1, 0.15) is 12.4 Å². The minimum absolute atomic E-state index is 0.156. The molecule has 0 saturated carbocycles. The minimum Gasteiger partial charge on any atom is -0.324 e. The average Bonchev–Trinajstić information content (AvgIpc) is 2.58. The fourth-order valence-electron chi connectivity index (χ4n) is 2.54. The van der Waals surface area contributed by atoms with Crippen LogP contribution in [0.1, 0.15) is 5.82 Å². The Morgan fingerprint density at radius 3 is 2.35 bits per heavy atom. The van der Waals surface area contributed by atoms with Gasteiger partial charge in [-0.1, -0.05) is 53.5 Å². The summed E-state index contributed by atoms with van der Waals surface area (Å²) in [5.41, 5.74) is 1.59. The highest BCUT2D eigenvalue weighted by molar-refractivity contribution is 6.35. The van der Waals surface area contributed by atoms with Gasteiger partial charge in [-0.2, -0.15) is 0 Å². The van der Waals surface area contributed by atoms with E-state index in [2.05, 4.69) is 10.3 Å². The normalized spacial score (nSPS) is 10.6. The summed E-state index contributed by atoms with van der Waals surface area (Å²) in [5, 5.41) is 3.50. The van der Waals surface area contributed by atoms with Crippen molar-refractivity contribution < 1.29 is 4.79 Å². The van der Waals surface area contributed by atoms with Crippen LogP contribution in [-0.2, 0) is 11.3 Å². The smallest absolute Gasteiger partial charge is 0.254 e. The molecule has 0 atom stereocenters. The molecule has 26 heavy (non-hydrogen) atoms. The summed E-state index contributed by atoms with van der Waals surface area (Å²) in [6.07, 6.45) is 0. The van der Waals surface area contributed by atoms with Crippen molar-refractivity contribution in [2.24, 2.45) is 0 Å². The number of rotatable bonds is 4. The molecule has 0 aliphatic rings. The zero-order chi connectivity index (χ0) is 18.7. The number of carbonyl (C=O) groups excluding carboxylic acids is 1. The predicted octanol–water partition coefficient (Wildman–Crippen LogP) is 4.16. The van der Waals surface area contributed by atoms with Crippen molar-refractivity contribution in [1.29, 1.82) is 0 Å². The summed E-state index contributed by atoms with van der Waals surface area (Å²) in [7, 11) is 0. The number of anilines is 1. The lowest BCUT2D eigenvalue weighted by atomic mass is 10.1. The number of aryl methyl sites for hydroxylation is 1. The van der Waals surface area contributed by atoms with Gasteiger partial charge in [0.05, 0.1) is 5.69 Å². The maximum atomic E-state index is 12.4. The van der Waals surface area contributed by atoms with Gasteiger partial charge < -0.3 is 5.32 Å². The molecule has 0 unspecified atom stereocenters. The molecule has 1 aromatic heterocycles. The first kappa shape index (κ1) is 18.2. The zero-order valence-corrected chi connectivity index (χ0v) is 15.4. The number of halogens is 2. The quantitative estimate of drug-likeness (QED) is 0.730. The van der Waals surface area contributed by atoms with E-state index in [1.807, 2.05) is 30.3 Å². The summed E-state index contributed by atoms with van der Waals surface area (Å²) in [6.45, 7) is 1.54. The molecule has 0 radical (unpaired) electrons. The maximum Gasteiger partial charge on any atom is 0.254 e. The molecule has 0 fully saturated rings. The van der Waals surface area contributed by atoms with Crippen molar-refractivity contribution >= 4 is 34.8 Å². The number of hydrogen-bond acceptors (Lipinski definition) is 3. The van der Waals surface area contributed by atoms with E-state index in [9.17, 15) is 9.59 Å². The summed E-state index contributed by atoms with van der Waals surface area (Å²) in [4.78, 5) is 29.1. The first-order chi connectivity index (χ1) is 12.4. The van der Waals surface area contributed by atoms with Crippen LogP contribution < -0.4 is 10.9 Å². The van der Waals surface area contributed by atoms with Crippen LogP contribution in [0.5, 0.6) is 0 Å².